The minimum Gasteiger partial charge on any atom is -0.380 e. The second-order valence-corrected chi connectivity index (χ2v) is 5.71. The Bertz CT molecular complexity index is 659. The highest BCUT2D eigenvalue weighted by atomic mass is 19.1. The van der Waals surface area contributed by atoms with E-state index in [-0.39, 0.29) is 11.8 Å². The van der Waals surface area contributed by atoms with Crippen molar-refractivity contribution in [1.29, 1.82) is 0 Å². The third-order valence-corrected chi connectivity index (χ3v) is 3.74. The smallest absolute Gasteiger partial charge is 0.317 e. The van der Waals surface area contributed by atoms with Gasteiger partial charge in [0.2, 0.25) is 0 Å². The van der Waals surface area contributed by atoms with Crippen LogP contribution in [0.1, 0.15) is 16.7 Å². The summed E-state index contributed by atoms with van der Waals surface area (Å²) in [6.07, 6.45) is 0.688. The summed E-state index contributed by atoms with van der Waals surface area (Å²) in [5.74, 6) is -0.249. The highest BCUT2D eigenvalue weighted by Gasteiger charge is 2.08. The van der Waals surface area contributed by atoms with Gasteiger partial charge in [0.15, 0.2) is 0 Å². The fourth-order valence-corrected chi connectivity index (χ4v) is 2.36. The highest BCUT2D eigenvalue weighted by Crippen LogP contribution is 2.07. The third-order valence-electron chi connectivity index (χ3n) is 3.74. The van der Waals surface area contributed by atoms with Crippen LogP contribution in [0.4, 0.5) is 9.18 Å². The number of urea groups is 1. The van der Waals surface area contributed by atoms with Crippen LogP contribution in [0.25, 0.3) is 0 Å². The first kappa shape index (κ1) is 17.9. The van der Waals surface area contributed by atoms with Crippen molar-refractivity contribution in [2.75, 3.05) is 20.7 Å². The standard InChI is InChI=1S/C19H23FN2O2/c1-22(11-10-15-6-8-18(20)9-7-15)19(23)21-13-16-4-3-5-17(12-16)14-24-2/h3-9,12H,10-11,13-14H2,1-2H3,(H,21,23). The number of likely N-dealkylation sites (N-methyl/N-ethyl adjacent to an activating group) is 1. The van der Waals surface area contributed by atoms with Crippen molar-refractivity contribution in [3.8, 4) is 0 Å². The van der Waals surface area contributed by atoms with Crippen molar-refractivity contribution in [2.45, 2.75) is 19.6 Å². The zero-order valence-electron chi connectivity index (χ0n) is 14.1. The third kappa shape index (κ3) is 5.66. The Hall–Kier alpha value is -2.40. The molecule has 2 aromatic carbocycles. The lowest BCUT2D eigenvalue weighted by atomic mass is 10.1. The van der Waals surface area contributed by atoms with E-state index in [1.807, 2.05) is 24.3 Å². The van der Waals surface area contributed by atoms with Gasteiger partial charge >= 0.3 is 6.03 Å². The predicted molar refractivity (Wildman–Crippen MR) is 92.1 cm³/mol. The molecule has 0 spiro atoms. The maximum absolute atomic E-state index is 12.9. The van der Waals surface area contributed by atoms with Gasteiger partial charge in [-0.25, -0.2) is 9.18 Å². The van der Waals surface area contributed by atoms with Gasteiger partial charge in [-0.2, -0.15) is 0 Å². The van der Waals surface area contributed by atoms with Gasteiger partial charge in [-0.05, 0) is 35.2 Å². The van der Waals surface area contributed by atoms with Crippen LogP contribution in [-0.4, -0.2) is 31.6 Å². The molecule has 2 aromatic rings. The molecule has 128 valence electrons. The van der Waals surface area contributed by atoms with Gasteiger partial charge in [-0.15, -0.1) is 0 Å². The molecular weight excluding hydrogens is 307 g/mol. The van der Waals surface area contributed by atoms with E-state index in [0.29, 0.717) is 26.1 Å². The van der Waals surface area contributed by atoms with Crippen LogP contribution in [0, 0.1) is 5.82 Å². The number of hydrogen-bond donors (Lipinski definition) is 1. The lowest BCUT2D eigenvalue weighted by Crippen LogP contribution is -2.38. The number of rotatable bonds is 7. The molecule has 24 heavy (non-hydrogen) atoms. The van der Waals surface area contributed by atoms with Crippen LogP contribution in [0.3, 0.4) is 0 Å². The van der Waals surface area contributed by atoms with Gasteiger partial charge in [-0.1, -0.05) is 36.4 Å². The Morgan fingerprint density at radius 3 is 2.54 bits per heavy atom. The first-order chi connectivity index (χ1) is 11.6. The molecule has 5 heteroatoms. The second kappa shape index (κ2) is 9.03. The second-order valence-electron chi connectivity index (χ2n) is 5.71. The van der Waals surface area contributed by atoms with Crippen molar-refractivity contribution in [3.05, 3.63) is 71.0 Å². The lowest BCUT2D eigenvalue weighted by molar-refractivity contribution is 0.185. The molecule has 4 nitrogen and oxygen atoms in total. The normalized spacial score (nSPS) is 10.5. The summed E-state index contributed by atoms with van der Waals surface area (Å²) in [6, 6.07) is 14.1. The molecule has 0 bridgehead atoms. The van der Waals surface area contributed by atoms with Crippen molar-refractivity contribution < 1.29 is 13.9 Å². The Kier molecular flexibility index (Phi) is 6.75. The number of hydrogen-bond acceptors (Lipinski definition) is 2. The van der Waals surface area contributed by atoms with E-state index >= 15 is 0 Å². The fourth-order valence-electron chi connectivity index (χ4n) is 2.36. The average molecular weight is 330 g/mol. The summed E-state index contributed by atoms with van der Waals surface area (Å²) in [5, 5.41) is 2.90. The molecule has 0 fully saturated rings. The molecule has 1 N–H and O–H groups in total. The molecule has 0 saturated carbocycles. The number of methoxy groups -OCH3 is 1. The fraction of sp³-hybridized carbons (Fsp3) is 0.316. The summed E-state index contributed by atoms with van der Waals surface area (Å²) in [6.45, 7) is 1.60. The Labute approximate surface area is 142 Å². The van der Waals surface area contributed by atoms with Crippen molar-refractivity contribution in [3.63, 3.8) is 0 Å². The Morgan fingerprint density at radius 2 is 1.83 bits per heavy atom. The number of carbonyl (C=O) groups excluding carboxylic acids is 1. The largest absolute Gasteiger partial charge is 0.380 e. The van der Waals surface area contributed by atoms with Gasteiger partial charge in [-0.3, -0.25) is 0 Å². The topological polar surface area (TPSA) is 41.6 Å². The minimum atomic E-state index is -0.249. The quantitative estimate of drug-likeness (QED) is 0.846. The SMILES string of the molecule is COCc1cccc(CNC(=O)N(C)CCc2ccc(F)cc2)c1. The summed E-state index contributed by atoms with van der Waals surface area (Å²) in [5.41, 5.74) is 3.11. The summed E-state index contributed by atoms with van der Waals surface area (Å²) in [4.78, 5) is 13.8. The minimum absolute atomic E-state index is 0.130. The van der Waals surface area contributed by atoms with Crippen LogP contribution >= 0.6 is 0 Å². The zero-order chi connectivity index (χ0) is 17.4. The molecule has 0 atom stereocenters. The number of benzene rings is 2. The van der Waals surface area contributed by atoms with E-state index in [9.17, 15) is 9.18 Å². The Balaban J connectivity index is 1.79. The number of nitrogens with zero attached hydrogens (tertiary/aromatic N) is 1. The lowest BCUT2D eigenvalue weighted by Gasteiger charge is -2.18. The van der Waals surface area contributed by atoms with Crippen LogP contribution in [0.2, 0.25) is 0 Å². The molecule has 2 rings (SSSR count). The van der Waals surface area contributed by atoms with E-state index in [1.54, 1.807) is 31.2 Å². The van der Waals surface area contributed by atoms with Crippen LogP contribution < -0.4 is 5.32 Å². The average Bonchev–Trinajstić information content (AvgIpc) is 2.59. The number of ether oxygens (including phenoxy) is 1. The van der Waals surface area contributed by atoms with Gasteiger partial charge in [0, 0.05) is 27.2 Å². The molecular formula is C19H23FN2O2. The molecule has 0 aliphatic rings. The number of halogens is 1. The molecule has 0 radical (unpaired) electrons. The summed E-state index contributed by atoms with van der Waals surface area (Å²) >= 11 is 0. The van der Waals surface area contributed by atoms with E-state index in [2.05, 4.69) is 5.32 Å². The molecule has 0 saturated heterocycles. The van der Waals surface area contributed by atoms with E-state index in [1.165, 1.54) is 12.1 Å². The van der Waals surface area contributed by atoms with E-state index < -0.39 is 0 Å². The maximum atomic E-state index is 12.9. The predicted octanol–water partition coefficient (Wildman–Crippen LogP) is 3.36. The zero-order valence-corrected chi connectivity index (χ0v) is 14.1. The molecule has 2 amide bonds. The molecule has 0 aliphatic heterocycles. The maximum Gasteiger partial charge on any atom is 0.317 e. The molecule has 0 aromatic heterocycles. The van der Waals surface area contributed by atoms with Crippen molar-refractivity contribution >= 4 is 6.03 Å². The number of nitrogens with one attached hydrogen (secondary N) is 1. The molecule has 0 unspecified atom stereocenters. The first-order valence-electron chi connectivity index (χ1n) is 7.88. The monoisotopic (exact) mass is 330 g/mol. The van der Waals surface area contributed by atoms with Gasteiger partial charge in [0.25, 0.3) is 0 Å². The number of amides is 2. The summed E-state index contributed by atoms with van der Waals surface area (Å²) in [7, 11) is 3.41. The molecule has 0 heterocycles. The molecule has 0 aliphatic carbocycles. The summed E-state index contributed by atoms with van der Waals surface area (Å²) < 4.78 is 18.0. The van der Waals surface area contributed by atoms with Crippen LogP contribution in [0.15, 0.2) is 48.5 Å². The van der Waals surface area contributed by atoms with Crippen molar-refractivity contribution in [2.24, 2.45) is 0 Å². The van der Waals surface area contributed by atoms with Gasteiger partial charge in [0.05, 0.1) is 6.61 Å². The number of carbonyl (C=O) groups is 1. The van der Waals surface area contributed by atoms with Crippen LogP contribution in [-0.2, 0) is 24.3 Å². The van der Waals surface area contributed by atoms with E-state index in [0.717, 1.165) is 16.7 Å². The highest BCUT2D eigenvalue weighted by molar-refractivity contribution is 5.73. The van der Waals surface area contributed by atoms with Crippen molar-refractivity contribution in [1.82, 2.24) is 10.2 Å². The van der Waals surface area contributed by atoms with Gasteiger partial charge < -0.3 is 15.0 Å². The van der Waals surface area contributed by atoms with E-state index in [4.69, 9.17) is 4.74 Å². The Morgan fingerprint density at radius 1 is 1.12 bits per heavy atom. The first-order valence-corrected chi connectivity index (χ1v) is 7.88. The van der Waals surface area contributed by atoms with Crippen LogP contribution in [0.5, 0.6) is 0 Å². The van der Waals surface area contributed by atoms with Gasteiger partial charge in [0.1, 0.15) is 5.82 Å².